The molecule has 2 N–H and O–H groups in total. The second kappa shape index (κ2) is 9.64. The van der Waals surface area contributed by atoms with Crippen molar-refractivity contribution in [2.24, 2.45) is 0 Å². The largest absolute Gasteiger partial charge is 0.454 e. The van der Waals surface area contributed by atoms with Crippen molar-refractivity contribution in [1.29, 1.82) is 0 Å². The van der Waals surface area contributed by atoms with E-state index in [2.05, 4.69) is 9.71 Å². The molecule has 0 aliphatic heterocycles. The predicted molar refractivity (Wildman–Crippen MR) is 128 cm³/mol. The summed E-state index contributed by atoms with van der Waals surface area (Å²) in [5.74, 6) is -1.35. The van der Waals surface area contributed by atoms with Crippen LogP contribution in [0.4, 0.5) is 5.69 Å². The van der Waals surface area contributed by atoms with Crippen LogP contribution in [0.3, 0.4) is 0 Å². The van der Waals surface area contributed by atoms with E-state index in [1.807, 2.05) is 13.0 Å². The summed E-state index contributed by atoms with van der Waals surface area (Å²) in [6.45, 7) is 7.80. The summed E-state index contributed by atoms with van der Waals surface area (Å²) < 4.78 is 33.1. The molecule has 0 spiro atoms. The maximum absolute atomic E-state index is 12.7. The summed E-state index contributed by atoms with van der Waals surface area (Å²) in [4.78, 5) is 39.7. The van der Waals surface area contributed by atoms with Gasteiger partial charge in [-0.25, -0.2) is 13.2 Å². The standard InChI is InChI=1S/C25H26N2O6S/c1-14-6-7-15(2)22(12-14)34(31,32)27-20-10-8-19(9-11-20)25(30)33-13-21(29)24-16(3)23(18(5)28)17(4)26-24/h6-12,26-27H,13H2,1-5H3. The number of ether oxygens (including phenoxy) is 1. The fraction of sp³-hybridized carbons (Fsp3) is 0.240. The number of carbonyl (C=O) groups is 3. The minimum absolute atomic E-state index is 0.157. The maximum atomic E-state index is 12.7. The summed E-state index contributed by atoms with van der Waals surface area (Å²) >= 11 is 0. The van der Waals surface area contributed by atoms with Crippen LogP contribution in [0.1, 0.15) is 60.5 Å². The zero-order chi connectivity index (χ0) is 25.2. The van der Waals surface area contributed by atoms with Gasteiger partial charge in [-0.3, -0.25) is 14.3 Å². The van der Waals surface area contributed by atoms with Crippen LogP contribution in [-0.2, 0) is 14.8 Å². The molecule has 0 bridgehead atoms. The van der Waals surface area contributed by atoms with E-state index in [9.17, 15) is 22.8 Å². The molecule has 9 heteroatoms. The molecular weight excluding hydrogens is 456 g/mol. The van der Waals surface area contributed by atoms with Gasteiger partial charge >= 0.3 is 5.97 Å². The number of benzene rings is 2. The Kier molecular flexibility index (Phi) is 7.07. The Morgan fingerprint density at radius 1 is 0.971 bits per heavy atom. The van der Waals surface area contributed by atoms with Crippen molar-refractivity contribution >= 4 is 33.2 Å². The highest BCUT2D eigenvalue weighted by Crippen LogP contribution is 2.22. The van der Waals surface area contributed by atoms with Crippen LogP contribution in [0, 0.1) is 27.7 Å². The number of rotatable bonds is 8. The Labute approximate surface area is 198 Å². The molecule has 1 heterocycles. The molecule has 0 aliphatic rings. The van der Waals surface area contributed by atoms with E-state index < -0.39 is 28.4 Å². The number of sulfonamides is 1. The summed E-state index contributed by atoms with van der Waals surface area (Å²) in [5, 5.41) is 0. The van der Waals surface area contributed by atoms with Gasteiger partial charge in [-0.1, -0.05) is 12.1 Å². The van der Waals surface area contributed by atoms with Gasteiger partial charge in [0.15, 0.2) is 12.4 Å². The SMILES string of the molecule is CC(=O)c1c(C)[nH]c(C(=O)COC(=O)c2ccc(NS(=O)(=O)c3cc(C)ccc3C)cc2)c1C. The molecule has 8 nitrogen and oxygen atoms in total. The number of ketones is 2. The fourth-order valence-electron chi connectivity index (χ4n) is 3.72. The molecule has 0 aliphatic carbocycles. The molecular formula is C25H26N2O6S. The maximum Gasteiger partial charge on any atom is 0.338 e. The number of aryl methyl sites for hydroxylation is 3. The summed E-state index contributed by atoms with van der Waals surface area (Å²) in [6.07, 6.45) is 0. The van der Waals surface area contributed by atoms with Gasteiger partial charge < -0.3 is 9.72 Å². The number of nitrogens with one attached hydrogen (secondary N) is 2. The van der Waals surface area contributed by atoms with E-state index in [4.69, 9.17) is 4.74 Å². The molecule has 0 atom stereocenters. The van der Waals surface area contributed by atoms with Crippen LogP contribution in [0.5, 0.6) is 0 Å². The molecule has 178 valence electrons. The lowest BCUT2D eigenvalue weighted by Gasteiger charge is -2.11. The van der Waals surface area contributed by atoms with E-state index >= 15 is 0 Å². The van der Waals surface area contributed by atoms with Gasteiger partial charge in [-0.15, -0.1) is 0 Å². The van der Waals surface area contributed by atoms with Gasteiger partial charge in [0, 0.05) is 16.9 Å². The van der Waals surface area contributed by atoms with Crippen molar-refractivity contribution in [2.45, 2.75) is 39.5 Å². The lowest BCUT2D eigenvalue weighted by Crippen LogP contribution is -2.16. The second-order valence-electron chi connectivity index (χ2n) is 8.13. The highest BCUT2D eigenvalue weighted by molar-refractivity contribution is 7.92. The van der Waals surface area contributed by atoms with Crippen LogP contribution in [0.15, 0.2) is 47.4 Å². The zero-order valence-electron chi connectivity index (χ0n) is 19.6. The summed E-state index contributed by atoms with van der Waals surface area (Å²) in [6, 6.07) is 10.9. The van der Waals surface area contributed by atoms with E-state index in [0.717, 1.165) is 5.56 Å². The Hall–Kier alpha value is -3.72. The number of aromatic amines is 1. The van der Waals surface area contributed by atoms with Crippen LogP contribution in [-0.4, -0.2) is 37.5 Å². The van der Waals surface area contributed by atoms with Gasteiger partial charge in [0.1, 0.15) is 0 Å². The van der Waals surface area contributed by atoms with Crippen molar-refractivity contribution in [3.8, 4) is 0 Å². The molecule has 34 heavy (non-hydrogen) atoms. The molecule has 2 aromatic carbocycles. The minimum atomic E-state index is -3.80. The van der Waals surface area contributed by atoms with Crippen molar-refractivity contribution in [1.82, 2.24) is 4.98 Å². The average Bonchev–Trinajstić information content (AvgIpc) is 3.07. The molecule has 3 aromatic rings. The van der Waals surface area contributed by atoms with Crippen molar-refractivity contribution in [3.63, 3.8) is 0 Å². The molecule has 0 unspecified atom stereocenters. The van der Waals surface area contributed by atoms with Crippen LogP contribution in [0.2, 0.25) is 0 Å². The Morgan fingerprint density at radius 2 is 1.62 bits per heavy atom. The second-order valence-corrected chi connectivity index (χ2v) is 9.78. The lowest BCUT2D eigenvalue weighted by atomic mass is 10.1. The first-order valence-electron chi connectivity index (χ1n) is 10.5. The third-order valence-electron chi connectivity index (χ3n) is 5.41. The Morgan fingerprint density at radius 3 is 2.21 bits per heavy atom. The third-order valence-corrected chi connectivity index (χ3v) is 6.93. The van der Waals surface area contributed by atoms with Gasteiger partial charge in [-0.05, 0) is 81.6 Å². The predicted octanol–water partition coefficient (Wildman–Crippen LogP) is 4.29. The highest BCUT2D eigenvalue weighted by Gasteiger charge is 2.21. The van der Waals surface area contributed by atoms with E-state index in [0.29, 0.717) is 22.4 Å². The fourth-order valence-corrected chi connectivity index (χ4v) is 5.11. The summed E-state index contributed by atoms with van der Waals surface area (Å²) in [7, 11) is -3.80. The molecule has 0 fully saturated rings. The van der Waals surface area contributed by atoms with E-state index in [1.54, 1.807) is 32.9 Å². The molecule has 0 saturated heterocycles. The van der Waals surface area contributed by atoms with Crippen LogP contribution < -0.4 is 4.72 Å². The highest BCUT2D eigenvalue weighted by atomic mass is 32.2. The van der Waals surface area contributed by atoms with Crippen LogP contribution >= 0.6 is 0 Å². The minimum Gasteiger partial charge on any atom is -0.454 e. The quantitative estimate of drug-likeness (QED) is 0.365. The first-order chi connectivity index (χ1) is 15.9. The van der Waals surface area contributed by atoms with Gasteiger partial charge in [0.25, 0.3) is 10.0 Å². The van der Waals surface area contributed by atoms with E-state index in [1.165, 1.54) is 31.2 Å². The van der Waals surface area contributed by atoms with Gasteiger partial charge in [-0.2, -0.15) is 0 Å². The zero-order valence-corrected chi connectivity index (χ0v) is 20.4. The van der Waals surface area contributed by atoms with Gasteiger partial charge in [0.05, 0.1) is 16.2 Å². The summed E-state index contributed by atoms with van der Waals surface area (Å²) in [5.41, 5.74) is 3.66. The van der Waals surface area contributed by atoms with Gasteiger partial charge in [0.2, 0.25) is 5.78 Å². The number of aromatic nitrogens is 1. The monoisotopic (exact) mass is 482 g/mol. The van der Waals surface area contributed by atoms with Crippen molar-refractivity contribution in [2.75, 3.05) is 11.3 Å². The number of esters is 1. The Balaban J connectivity index is 1.66. The number of Topliss-reactive ketones (excluding diaryl/α,β-unsaturated/α-hetero) is 2. The van der Waals surface area contributed by atoms with Crippen molar-refractivity contribution < 1.29 is 27.5 Å². The topological polar surface area (TPSA) is 122 Å². The molecule has 0 radical (unpaired) electrons. The molecule has 0 amide bonds. The smallest absolute Gasteiger partial charge is 0.338 e. The molecule has 0 saturated carbocycles. The molecule has 3 rings (SSSR count). The first-order valence-corrected chi connectivity index (χ1v) is 12.0. The number of H-pyrrole nitrogens is 1. The van der Waals surface area contributed by atoms with E-state index in [-0.39, 0.29) is 27.6 Å². The number of hydrogen-bond donors (Lipinski definition) is 2. The number of anilines is 1. The van der Waals surface area contributed by atoms with Crippen LogP contribution in [0.25, 0.3) is 0 Å². The average molecular weight is 483 g/mol. The Bertz CT molecular complexity index is 1390. The number of carbonyl (C=O) groups excluding carboxylic acids is 3. The van der Waals surface area contributed by atoms with Crippen molar-refractivity contribution in [3.05, 3.63) is 81.7 Å². The number of hydrogen-bond acceptors (Lipinski definition) is 6. The third kappa shape index (κ3) is 5.26. The lowest BCUT2D eigenvalue weighted by molar-refractivity contribution is 0.0473. The molecule has 1 aromatic heterocycles. The normalized spacial score (nSPS) is 11.2. The first kappa shape index (κ1) is 24.9.